The highest BCUT2D eigenvalue weighted by Crippen LogP contribution is 2.21. The van der Waals surface area contributed by atoms with E-state index in [1.807, 2.05) is 0 Å². The summed E-state index contributed by atoms with van der Waals surface area (Å²) in [4.78, 5) is 11.9. The first-order valence-corrected chi connectivity index (χ1v) is 8.10. The van der Waals surface area contributed by atoms with Gasteiger partial charge >= 0.3 is 0 Å². The smallest absolute Gasteiger partial charge is 0.238 e. The minimum Gasteiger partial charge on any atom is -0.354 e. The Kier molecular flexibility index (Phi) is 5.65. The van der Waals surface area contributed by atoms with Gasteiger partial charge in [0.25, 0.3) is 0 Å². The molecule has 1 saturated carbocycles. The zero-order valence-corrected chi connectivity index (χ0v) is 11.4. The number of hydrogen-bond donors (Lipinski definition) is 2. The summed E-state index contributed by atoms with van der Waals surface area (Å²) in [6.45, 7) is 0.891. The summed E-state index contributed by atoms with van der Waals surface area (Å²) in [6, 6.07) is 0.0496. The van der Waals surface area contributed by atoms with Crippen LogP contribution in [0.15, 0.2) is 0 Å². The van der Waals surface area contributed by atoms with Crippen LogP contribution in [-0.2, 0) is 4.79 Å². The number of rotatable bonds is 3. The molecule has 2 fully saturated rings. The van der Waals surface area contributed by atoms with Crippen LogP contribution >= 0.6 is 11.8 Å². The van der Waals surface area contributed by atoms with Crippen molar-refractivity contribution in [3.63, 3.8) is 0 Å². The van der Waals surface area contributed by atoms with Crippen molar-refractivity contribution in [1.29, 1.82) is 0 Å². The third-order valence-corrected chi connectivity index (χ3v) is 4.76. The number of thioether (sulfide) groups is 1. The van der Waals surface area contributed by atoms with E-state index in [1.54, 1.807) is 11.8 Å². The molecule has 98 valence electrons. The highest BCUT2D eigenvalue weighted by molar-refractivity contribution is 7.99. The molecule has 1 aliphatic carbocycles. The Balaban J connectivity index is 1.66. The lowest BCUT2D eigenvalue weighted by Gasteiger charge is -2.21. The van der Waals surface area contributed by atoms with Gasteiger partial charge in [0.05, 0.1) is 6.04 Å². The summed E-state index contributed by atoms with van der Waals surface area (Å²) in [5.41, 5.74) is 0. The Hall–Kier alpha value is -0.220. The van der Waals surface area contributed by atoms with Crippen LogP contribution in [0.1, 0.15) is 44.9 Å². The van der Waals surface area contributed by atoms with Crippen LogP contribution in [0.25, 0.3) is 0 Å². The molecule has 0 spiro atoms. The quantitative estimate of drug-likeness (QED) is 0.813. The summed E-state index contributed by atoms with van der Waals surface area (Å²) >= 11 is 1.81. The molecule has 1 aliphatic heterocycles. The van der Waals surface area contributed by atoms with E-state index >= 15 is 0 Å². The van der Waals surface area contributed by atoms with Gasteiger partial charge in [-0.1, -0.05) is 32.1 Å². The van der Waals surface area contributed by atoms with Crippen molar-refractivity contribution in [2.45, 2.75) is 51.0 Å². The van der Waals surface area contributed by atoms with E-state index in [4.69, 9.17) is 0 Å². The van der Waals surface area contributed by atoms with Crippen molar-refractivity contribution in [1.82, 2.24) is 10.6 Å². The van der Waals surface area contributed by atoms with Gasteiger partial charge in [-0.25, -0.2) is 0 Å². The Morgan fingerprint density at radius 2 is 1.88 bits per heavy atom. The van der Waals surface area contributed by atoms with Crippen molar-refractivity contribution in [2.24, 2.45) is 5.92 Å². The first kappa shape index (κ1) is 13.2. The lowest BCUT2D eigenvalue weighted by atomic mass is 9.91. The van der Waals surface area contributed by atoms with Gasteiger partial charge in [-0.05, 0) is 18.8 Å². The molecule has 0 aromatic heterocycles. The van der Waals surface area contributed by atoms with Crippen LogP contribution in [0.4, 0.5) is 0 Å². The van der Waals surface area contributed by atoms with Crippen LogP contribution < -0.4 is 10.6 Å². The van der Waals surface area contributed by atoms with E-state index in [1.165, 1.54) is 44.9 Å². The van der Waals surface area contributed by atoms with E-state index in [0.29, 0.717) is 5.92 Å². The summed E-state index contributed by atoms with van der Waals surface area (Å²) in [5.74, 6) is 2.77. The third kappa shape index (κ3) is 4.51. The predicted octanol–water partition coefficient (Wildman–Crippen LogP) is 2.13. The normalized spacial score (nSPS) is 27.4. The molecule has 4 heteroatoms. The molecule has 1 saturated heterocycles. The van der Waals surface area contributed by atoms with Gasteiger partial charge < -0.3 is 5.32 Å². The molecule has 0 aromatic rings. The van der Waals surface area contributed by atoms with Crippen LogP contribution in [0.5, 0.6) is 0 Å². The Morgan fingerprint density at radius 1 is 1.18 bits per heavy atom. The molecule has 17 heavy (non-hydrogen) atoms. The Labute approximate surface area is 108 Å². The molecule has 2 N–H and O–H groups in total. The lowest BCUT2D eigenvalue weighted by Crippen LogP contribution is -2.43. The third-order valence-electron chi connectivity index (χ3n) is 3.82. The van der Waals surface area contributed by atoms with Crippen molar-refractivity contribution in [2.75, 3.05) is 18.2 Å². The number of hydrogen-bond acceptors (Lipinski definition) is 3. The molecule has 1 heterocycles. The highest BCUT2D eigenvalue weighted by Gasteiger charge is 2.22. The van der Waals surface area contributed by atoms with Gasteiger partial charge in [0.1, 0.15) is 0 Å². The molecule has 1 amide bonds. The minimum absolute atomic E-state index is 0.0496. The number of carbonyl (C=O) groups excluding carboxylic acids is 1. The second kappa shape index (κ2) is 7.27. The number of nitrogens with one attached hydrogen (secondary N) is 2. The molecular weight excluding hydrogens is 232 g/mol. The van der Waals surface area contributed by atoms with Gasteiger partial charge in [0.15, 0.2) is 0 Å². The molecule has 2 aliphatic rings. The fourth-order valence-corrected chi connectivity index (χ4v) is 3.62. The topological polar surface area (TPSA) is 41.1 Å². The average Bonchev–Trinajstić information content (AvgIpc) is 2.80. The maximum absolute atomic E-state index is 11.9. The van der Waals surface area contributed by atoms with Gasteiger partial charge in [-0.2, -0.15) is 0 Å². The Morgan fingerprint density at radius 3 is 2.53 bits per heavy atom. The van der Waals surface area contributed by atoms with Gasteiger partial charge in [0.2, 0.25) is 5.91 Å². The maximum Gasteiger partial charge on any atom is 0.238 e. The second-order valence-corrected chi connectivity index (χ2v) is 6.26. The molecular formula is C13H24N2OS. The van der Waals surface area contributed by atoms with Crippen molar-refractivity contribution in [3.05, 3.63) is 0 Å². The minimum atomic E-state index is 0.0496. The largest absolute Gasteiger partial charge is 0.354 e. The molecule has 0 bridgehead atoms. The van der Waals surface area contributed by atoms with E-state index in [9.17, 15) is 4.79 Å². The molecule has 3 nitrogen and oxygen atoms in total. The average molecular weight is 256 g/mol. The molecule has 0 aromatic carbocycles. The van der Waals surface area contributed by atoms with E-state index in [0.717, 1.165) is 18.2 Å². The van der Waals surface area contributed by atoms with Crippen molar-refractivity contribution < 1.29 is 4.79 Å². The van der Waals surface area contributed by atoms with Crippen molar-refractivity contribution >= 4 is 17.7 Å². The standard InChI is InChI=1S/C13H24N2OS/c16-13(12-9-17-10-15-12)14-8-11-6-4-2-1-3-5-7-11/h11-12,15H,1-10H2,(H,14,16). The van der Waals surface area contributed by atoms with Gasteiger partial charge in [0, 0.05) is 18.2 Å². The van der Waals surface area contributed by atoms with Crippen molar-refractivity contribution in [3.8, 4) is 0 Å². The first-order chi connectivity index (χ1) is 8.36. The maximum atomic E-state index is 11.9. The summed E-state index contributed by atoms with van der Waals surface area (Å²) in [6.07, 6.45) is 9.45. The SMILES string of the molecule is O=C(NCC1CCCCCCC1)C1CSCN1. The number of amides is 1. The predicted molar refractivity (Wildman–Crippen MR) is 73.1 cm³/mol. The van der Waals surface area contributed by atoms with Crippen LogP contribution in [0.2, 0.25) is 0 Å². The van der Waals surface area contributed by atoms with Gasteiger partial charge in [-0.15, -0.1) is 11.8 Å². The molecule has 2 rings (SSSR count). The summed E-state index contributed by atoms with van der Waals surface area (Å²) < 4.78 is 0. The fraction of sp³-hybridized carbons (Fsp3) is 0.923. The first-order valence-electron chi connectivity index (χ1n) is 6.95. The molecule has 1 unspecified atom stereocenters. The zero-order valence-electron chi connectivity index (χ0n) is 10.5. The summed E-state index contributed by atoms with van der Waals surface area (Å²) in [5, 5.41) is 6.35. The summed E-state index contributed by atoms with van der Waals surface area (Å²) in [7, 11) is 0. The van der Waals surface area contributed by atoms with Gasteiger partial charge in [-0.3, -0.25) is 10.1 Å². The van der Waals surface area contributed by atoms with E-state index < -0.39 is 0 Å². The zero-order chi connectivity index (χ0) is 11.9. The van der Waals surface area contributed by atoms with E-state index in [-0.39, 0.29) is 11.9 Å². The van der Waals surface area contributed by atoms with E-state index in [2.05, 4.69) is 10.6 Å². The highest BCUT2D eigenvalue weighted by atomic mass is 32.2. The fourth-order valence-electron chi connectivity index (χ4n) is 2.68. The lowest BCUT2D eigenvalue weighted by molar-refractivity contribution is -0.122. The van der Waals surface area contributed by atoms with Crippen LogP contribution in [0.3, 0.4) is 0 Å². The molecule has 1 atom stereocenters. The second-order valence-electron chi connectivity index (χ2n) is 5.23. The Bertz CT molecular complexity index is 234. The monoisotopic (exact) mass is 256 g/mol. The van der Waals surface area contributed by atoms with Crippen LogP contribution in [0, 0.1) is 5.92 Å². The van der Waals surface area contributed by atoms with Crippen LogP contribution in [-0.4, -0.2) is 30.1 Å². The number of carbonyl (C=O) groups is 1. The molecule has 0 radical (unpaired) electrons.